The van der Waals surface area contributed by atoms with Crippen LogP contribution in [0.3, 0.4) is 0 Å². The topological polar surface area (TPSA) is 31.4 Å². The molecule has 82 valence electrons. The molecule has 0 aromatic carbocycles. The zero-order chi connectivity index (χ0) is 10.8. The van der Waals surface area contributed by atoms with Crippen LogP contribution in [0.15, 0.2) is 12.1 Å². The molecule has 0 bridgehead atoms. The third kappa shape index (κ3) is 2.99. The minimum Gasteiger partial charge on any atom is -0.485 e. The summed E-state index contributed by atoms with van der Waals surface area (Å²) in [5.74, 6) is 1.18. The molecule has 15 heavy (non-hydrogen) atoms. The van der Waals surface area contributed by atoms with Crippen LogP contribution in [0.25, 0.3) is 0 Å². The number of rotatable bonds is 4. The summed E-state index contributed by atoms with van der Waals surface area (Å²) < 4.78 is 11.2. The molecule has 1 aliphatic carbocycles. The maximum absolute atomic E-state index is 5.81. The van der Waals surface area contributed by atoms with Gasteiger partial charge in [0.25, 0.3) is 5.88 Å². The van der Waals surface area contributed by atoms with Gasteiger partial charge in [0.1, 0.15) is 5.15 Å². The van der Waals surface area contributed by atoms with Crippen molar-refractivity contribution >= 4 is 11.6 Å². The Balaban J connectivity index is 2.17. The third-order valence-corrected chi connectivity index (χ3v) is 2.17. The van der Waals surface area contributed by atoms with Crippen LogP contribution >= 0.6 is 11.6 Å². The molecule has 0 aliphatic heterocycles. The lowest BCUT2D eigenvalue weighted by atomic mass is 10.4. The van der Waals surface area contributed by atoms with E-state index < -0.39 is 0 Å². The summed E-state index contributed by atoms with van der Waals surface area (Å²) >= 11 is 5.81. The summed E-state index contributed by atoms with van der Waals surface area (Å²) in [4.78, 5) is 4.11. The number of hydrogen-bond acceptors (Lipinski definition) is 3. The SMILES string of the molecule is CC(C)Oc1nc(Cl)ccc1OC1CC1. The van der Waals surface area contributed by atoms with Crippen LogP contribution in [0.2, 0.25) is 5.15 Å². The minimum absolute atomic E-state index is 0.0671. The molecule has 1 aliphatic rings. The first-order valence-corrected chi connectivity index (χ1v) is 5.53. The Morgan fingerprint density at radius 2 is 2.13 bits per heavy atom. The molecular formula is C11H14ClNO2. The van der Waals surface area contributed by atoms with Crippen LogP contribution in [0.4, 0.5) is 0 Å². The maximum Gasteiger partial charge on any atom is 0.258 e. The fourth-order valence-electron chi connectivity index (χ4n) is 1.17. The van der Waals surface area contributed by atoms with E-state index in [0.29, 0.717) is 22.9 Å². The van der Waals surface area contributed by atoms with Crippen molar-refractivity contribution in [3.63, 3.8) is 0 Å². The van der Waals surface area contributed by atoms with E-state index in [2.05, 4.69) is 4.98 Å². The molecular weight excluding hydrogens is 214 g/mol. The van der Waals surface area contributed by atoms with Gasteiger partial charge in [-0.3, -0.25) is 0 Å². The highest BCUT2D eigenvalue weighted by molar-refractivity contribution is 6.29. The second-order valence-electron chi connectivity index (χ2n) is 3.92. The zero-order valence-electron chi connectivity index (χ0n) is 8.87. The quantitative estimate of drug-likeness (QED) is 0.741. The summed E-state index contributed by atoms with van der Waals surface area (Å²) in [6.07, 6.45) is 2.63. The number of nitrogens with zero attached hydrogens (tertiary/aromatic N) is 1. The van der Waals surface area contributed by atoms with Crippen molar-refractivity contribution in [2.75, 3.05) is 0 Å². The Morgan fingerprint density at radius 3 is 2.73 bits per heavy atom. The van der Waals surface area contributed by atoms with Crippen molar-refractivity contribution in [1.82, 2.24) is 4.98 Å². The van der Waals surface area contributed by atoms with Gasteiger partial charge in [0.15, 0.2) is 5.75 Å². The lowest BCUT2D eigenvalue weighted by molar-refractivity contribution is 0.208. The minimum atomic E-state index is 0.0671. The van der Waals surface area contributed by atoms with Crippen molar-refractivity contribution in [1.29, 1.82) is 0 Å². The molecule has 4 heteroatoms. The predicted molar refractivity (Wildman–Crippen MR) is 58.7 cm³/mol. The molecule has 0 radical (unpaired) electrons. The summed E-state index contributed by atoms with van der Waals surface area (Å²) in [6, 6.07) is 3.53. The van der Waals surface area contributed by atoms with Gasteiger partial charge >= 0.3 is 0 Å². The van der Waals surface area contributed by atoms with Gasteiger partial charge in [-0.2, -0.15) is 4.98 Å². The Bertz CT molecular complexity index is 350. The average molecular weight is 228 g/mol. The van der Waals surface area contributed by atoms with Crippen molar-refractivity contribution in [3.05, 3.63) is 17.3 Å². The molecule has 1 aromatic heterocycles. The van der Waals surface area contributed by atoms with Gasteiger partial charge < -0.3 is 9.47 Å². The largest absolute Gasteiger partial charge is 0.485 e. The lowest BCUT2D eigenvalue weighted by Gasteiger charge is -2.13. The van der Waals surface area contributed by atoms with E-state index in [1.165, 1.54) is 0 Å². The second kappa shape index (κ2) is 4.27. The smallest absolute Gasteiger partial charge is 0.258 e. The van der Waals surface area contributed by atoms with Crippen LogP contribution in [0.1, 0.15) is 26.7 Å². The molecule has 1 fully saturated rings. The van der Waals surface area contributed by atoms with E-state index >= 15 is 0 Å². The van der Waals surface area contributed by atoms with Gasteiger partial charge in [-0.25, -0.2) is 0 Å². The van der Waals surface area contributed by atoms with Crippen LogP contribution < -0.4 is 9.47 Å². The second-order valence-corrected chi connectivity index (χ2v) is 4.31. The number of ether oxygens (including phenoxy) is 2. The highest BCUT2D eigenvalue weighted by Gasteiger charge is 2.25. The maximum atomic E-state index is 5.81. The summed E-state index contributed by atoms with van der Waals surface area (Å²) in [6.45, 7) is 3.90. The van der Waals surface area contributed by atoms with Crippen LogP contribution in [-0.4, -0.2) is 17.2 Å². The molecule has 2 rings (SSSR count). The fraction of sp³-hybridized carbons (Fsp3) is 0.545. The first-order valence-electron chi connectivity index (χ1n) is 5.15. The molecule has 0 N–H and O–H groups in total. The van der Waals surface area contributed by atoms with Gasteiger partial charge in [-0.1, -0.05) is 11.6 Å². The molecule has 0 atom stereocenters. The molecule has 1 heterocycles. The Labute approximate surface area is 94.4 Å². The summed E-state index contributed by atoms with van der Waals surface area (Å²) in [7, 11) is 0. The van der Waals surface area contributed by atoms with E-state index in [9.17, 15) is 0 Å². The third-order valence-electron chi connectivity index (χ3n) is 1.96. The fourth-order valence-corrected chi connectivity index (χ4v) is 1.31. The molecule has 1 aromatic rings. The Hall–Kier alpha value is -0.960. The molecule has 0 unspecified atom stereocenters. The number of halogens is 1. The number of pyridine rings is 1. The number of hydrogen-bond donors (Lipinski definition) is 0. The van der Waals surface area contributed by atoms with E-state index in [1.807, 2.05) is 19.9 Å². The van der Waals surface area contributed by atoms with Gasteiger partial charge in [0.05, 0.1) is 12.2 Å². The van der Waals surface area contributed by atoms with Gasteiger partial charge in [-0.15, -0.1) is 0 Å². The monoisotopic (exact) mass is 227 g/mol. The molecule has 0 amide bonds. The summed E-state index contributed by atoms with van der Waals surface area (Å²) in [5, 5.41) is 0.425. The summed E-state index contributed by atoms with van der Waals surface area (Å²) in [5.41, 5.74) is 0. The molecule has 3 nitrogen and oxygen atoms in total. The Kier molecular flexibility index (Phi) is 3.00. The highest BCUT2D eigenvalue weighted by Crippen LogP contribution is 2.33. The first-order chi connectivity index (χ1) is 7.15. The average Bonchev–Trinajstić information content (AvgIpc) is 2.92. The van der Waals surface area contributed by atoms with E-state index in [0.717, 1.165) is 12.8 Å². The molecule has 1 saturated carbocycles. The highest BCUT2D eigenvalue weighted by atomic mass is 35.5. The van der Waals surface area contributed by atoms with E-state index in [4.69, 9.17) is 21.1 Å². The normalized spacial score (nSPS) is 15.5. The van der Waals surface area contributed by atoms with Crippen molar-refractivity contribution < 1.29 is 9.47 Å². The van der Waals surface area contributed by atoms with Crippen molar-refractivity contribution in [3.8, 4) is 11.6 Å². The van der Waals surface area contributed by atoms with Crippen LogP contribution in [0, 0.1) is 0 Å². The van der Waals surface area contributed by atoms with Crippen LogP contribution in [0.5, 0.6) is 11.6 Å². The first kappa shape index (κ1) is 10.6. The zero-order valence-corrected chi connectivity index (χ0v) is 9.62. The van der Waals surface area contributed by atoms with Crippen molar-refractivity contribution in [2.24, 2.45) is 0 Å². The molecule has 0 saturated heterocycles. The lowest BCUT2D eigenvalue weighted by Crippen LogP contribution is -2.09. The standard InChI is InChI=1S/C11H14ClNO2/c1-7(2)14-11-9(15-8-3-4-8)5-6-10(12)13-11/h5-8H,3-4H2,1-2H3. The van der Waals surface area contributed by atoms with Crippen molar-refractivity contribution in [2.45, 2.75) is 38.9 Å². The number of aromatic nitrogens is 1. The van der Waals surface area contributed by atoms with Gasteiger partial charge in [-0.05, 0) is 38.8 Å². The van der Waals surface area contributed by atoms with E-state index in [1.54, 1.807) is 6.07 Å². The van der Waals surface area contributed by atoms with E-state index in [-0.39, 0.29) is 6.10 Å². The predicted octanol–water partition coefficient (Wildman–Crippen LogP) is 3.06. The molecule has 0 spiro atoms. The van der Waals surface area contributed by atoms with Gasteiger partial charge in [0, 0.05) is 0 Å². The van der Waals surface area contributed by atoms with Gasteiger partial charge in [0.2, 0.25) is 0 Å². The Morgan fingerprint density at radius 1 is 1.40 bits per heavy atom. The van der Waals surface area contributed by atoms with Crippen LogP contribution in [-0.2, 0) is 0 Å².